The fourth-order valence-electron chi connectivity index (χ4n) is 2.94. The Morgan fingerprint density at radius 1 is 1.35 bits per heavy atom. The summed E-state index contributed by atoms with van der Waals surface area (Å²) in [4.78, 5) is 26.2. The van der Waals surface area contributed by atoms with E-state index in [0.29, 0.717) is 23.6 Å². The van der Waals surface area contributed by atoms with Gasteiger partial charge in [-0.3, -0.25) is 9.59 Å². The number of benzene rings is 1. The minimum atomic E-state index is -0.208. The minimum Gasteiger partial charge on any atom is -0.493 e. The lowest BCUT2D eigenvalue weighted by atomic mass is 10.1. The molecule has 1 aliphatic heterocycles. The van der Waals surface area contributed by atoms with Gasteiger partial charge < -0.3 is 25.4 Å². The van der Waals surface area contributed by atoms with E-state index in [0.717, 1.165) is 19.4 Å². The van der Waals surface area contributed by atoms with E-state index in [2.05, 4.69) is 5.32 Å². The van der Waals surface area contributed by atoms with Crippen molar-refractivity contribution in [1.29, 1.82) is 0 Å². The molecule has 1 fully saturated rings. The number of amides is 2. The van der Waals surface area contributed by atoms with Gasteiger partial charge in [-0.25, -0.2) is 0 Å². The van der Waals surface area contributed by atoms with Gasteiger partial charge in [0, 0.05) is 30.7 Å². The first-order valence-electron chi connectivity index (χ1n) is 8.57. The number of carbonyl (C=O) groups excluding carboxylic acids is 2. The predicted octanol–water partition coefficient (Wildman–Crippen LogP) is 1.58. The lowest BCUT2D eigenvalue weighted by Crippen LogP contribution is -2.39. The zero-order valence-electron chi connectivity index (χ0n) is 15.5. The standard InChI is InChI=1S/C18H27N3O4.ClH/c1-12(2)20-17(22)11-25-15-7-6-13(9-16(15)24-3)18(23)21-8-4-5-14(21)10-19;/h6-7,9,12,14H,4-5,8,10-11,19H2,1-3H3,(H,20,22);1H. The van der Waals surface area contributed by atoms with Gasteiger partial charge in [-0.1, -0.05) is 0 Å². The molecule has 0 aliphatic carbocycles. The van der Waals surface area contributed by atoms with Crippen LogP contribution in [-0.2, 0) is 4.79 Å². The summed E-state index contributed by atoms with van der Waals surface area (Å²) in [5.41, 5.74) is 6.27. The quantitative estimate of drug-likeness (QED) is 0.743. The fourth-order valence-corrected chi connectivity index (χ4v) is 2.94. The largest absolute Gasteiger partial charge is 0.493 e. The van der Waals surface area contributed by atoms with Crippen LogP contribution in [0.2, 0.25) is 0 Å². The lowest BCUT2D eigenvalue weighted by Gasteiger charge is -2.24. The molecule has 0 radical (unpaired) electrons. The Labute approximate surface area is 160 Å². The average molecular weight is 386 g/mol. The van der Waals surface area contributed by atoms with Crippen molar-refractivity contribution in [3.8, 4) is 11.5 Å². The maximum atomic E-state index is 12.7. The number of likely N-dealkylation sites (tertiary alicyclic amines) is 1. The molecule has 8 heteroatoms. The molecule has 1 aromatic rings. The summed E-state index contributed by atoms with van der Waals surface area (Å²) in [7, 11) is 1.50. The zero-order chi connectivity index (χ0) is 18.4. The Kier molecular flexibility index (Phi) is 8.68. The Hall–Kier alpha value is -1.99. The van der Waals surface area contributed by atoms with Gasteiger partial charge in [-0.15, -0.1) is 12.4 Å². The Morgan fingerprint density at radius 3 is 2.69 bits per heavy atom. The monoisotopic (exact) mass is 385 g/mol. The summed E-state index contributed by atoms with van der Waals surface area (Å²) in [6, 6.07) is 5.13. The third-order valence-electron chi connectivity index (χ3n) is 4.13. The van der Waals surface area contributed by atoms with E-state index in [4.69, 9.17) is 15.2 Å². The van der Waals surface area contributed by atoms with Crippen molar-refractivity contribution in [2.24, 2.45) is 5.73 Å². The molecule has 3 N–H and O–H groups in total. The van der Waals surface area contributed by atoms with Crippen molar-refractivity contribution in [3.63, 3.8) is 0 Å². The number of carbonyl (C=O) groups is 2. The van der Waals surface area contributed by atoms with Gasteiger partial charge in [0.2, 0.25) is 0 Å². The Balaban J connectivity index is 0.00000338. The molecule has 2 amide bonds. The highest BCUT2D eigenvalue weighted by Crippen LogP contribution is 2.29. The molecule has 1 aliphatic rings. The Bertz CT molecular complexity index is 624. The highest BCUT2D eigenvalue weighted by Gasteiger charge is 2.28. The van der Waals surface area contributed by atoms with Crippen LogP contribution in [0, 0.1) is 0 Å². The van der Waals surface area contributed by atoms with Crippen LogP contribution in [-0.4, -0.2) is 55.6 Å². The number of nitrogens with two attached hydrogens (primary N) is 1. The zero-order valence-corrected chi connectivity index (χ0v) is 16.3. The van der Waals surface area contributed by atoms with E-state index in [9.17, 15) is 9.59 Å². The number of nitrogens with zero attached hydrogens (tertiary/aromatic N) is 1. The van der Waals surface area contributed by atoms with Gasteiger partial charge in [0.15, 0.2) is 18.1 Å². The number of hydrogen-bond acceptors (Lipinski definition) is 5. The van der Waals surface area contributed by atoms with Crippen molar-refractivity contribution in [1.82, 2.24) is 10.2 Å². The number of rotatable bonds is 7. The van der Waals surface area contributed by atoms with Crippen LogP contribution >= 0.6 is 12.4 Å². The van der Waals surface area contributed by atoms with E-state index in [1.165, 1.54) is 7.11 Å². The normalized spacial score (nSPS) is 16.2. The predicted molar refractivity (Wildman–Crippen MR) is 102 cm³/mol. The van der Waals surface area contributed by atoms with Gasteiger partial charge in [0.1, 0.15) is 0 Å². The molecule has 26 heavy (non-hydrogen) atoms. The second-order valence-corrected chi connectivity index (χ2v) is 6.41. The molecule has 2 rings (SSSR count). The summed E-state index contributed by atoms with van der Waals surface area (Å²) in [6.07, 6.45) is 1.91. The molecular weight excluding hydrogens is 358 g/mol. The lowest BCUT2D eigenvalue weighted by molar-refractivity contribution is -0.123. The number of methoxy groups -OCH3 is 1. The van der Waals surface area contributed by atoms with Crippen LogP contribution < -0.4 is 20.5 Å². The number of hydrogen-bond donors (Lipinski definition) is 2. The third kappa shape index (κ3) is 5.51. The van der Waals surface area contributed by atoms with E-state index in [1.807, 2.05) is 18.7 Å². The summed E-state index contributed by atoms with van der Waals surface area (Å²) in [5.74, 6) is 0.580. The smallest absolute Gasteiger partial charge is 0.258 e. The molecule has 1 saturated heterocycles. The molecule has 1 unspecified atom stereocenters. The average Bonchev–Trinajstić information content (AvgIpc) is 3.07. The van der Waals surface area contributed by atoms with Crippen molar-refractivity contribution < 1.29 is 19.1 Å². The molecule has 0 spiro atoms. The van der Waals surface area contributed by atoms with Crippen LogP contribution in [0.1, 0.15) is 37.0 Å². The van der Waals surface area contributed by atoms with E-state index in [1.54, 1.807) is 18.2 Å². The van der Waals surface area contributed by atoms with Crippen LogP contribution in [0.15, 0.2) is 18.2 Å². The van der Waals surface area contributed by atoms with Crippen molar-refractivity contribution in [2.45, 2.75) is 38.8 Å². The van der Waals surface area contributed by atoms with E-state index < -0.39 is 0 Å². The molecular formula is C18H28ClN3O4. The molecule has 1 atom stereocenters. The van der Waals surface area contributed by atoms with Gasteiger partial charge in [-0.2, -0.15) is 0 Å². The van der Waals surface area contributed by atoms with Crippen LogP contribution in [0.5, 0.6) is 11.5 Å². The third-order valence-corrected chi connectivity index (χ3v) is 4.13. The minimum absolute atomic E-state index is 0. The molecule has 1 heterocycles. The van der Waals surface area contributed by atoms with Crippen molar-refractivity contribution in [2.75, 3.05) is 26.8 Å². The van der Waals surface area contributed by atoms with E-state index >= 15 is 0 Å². The van der Waals surface area contributed by atoms with Crippen LogP contribution in [0.25, 0.3) is 0 Å². The first-order valence-corrected chi connectivity index (χ1v) is 8.57. The van der Waals surface area contributed by atoms with Crippen LogP contribution in [0.3, 0.4) is 0 Å². The molecule has 146 valence electrons. The molecule has 0 saturated carbocycles. The second-order valence-electron chi connectivity index (χ2n) is 6.41. The van der Waals surface area contributed by atoms with Gasteiger partial charge in [0.05, 0.1) is 7.11 Å². The fraction of sp³-hybridized carbons (Fsp3) is 0.556. The van der Waals surface area contributed by atoms with Crippen molar-refractivity contribution in [3.05, 3.63) is 23.8 Å². The highest BCUT2D eigenvalue weighted by atomic mass is 35.5. The molecule has 7 nitrogen and oxygen atoms in total. The van der Waals surface area contributed by atoms with Gasteiger partial charge in [0.25, 0.3) is 11.8 Å². The summed E-state index contributed by atoms with van der Waals surface area (Å²) < 4.78 is 10.8. The SMILES string of the molecule is COc1cc(C(=O)N2CCCC2CN)ccc1OCC(=O)NC(C)C.Cl. The van der Waals surface area contributed by atoms with Gasteiger partial charge in [-0.05, 0) is 44.9 Å². The van der Waals surface area contributed by atoms with Crippen molar-refractivity contribution >= 4 is 24.2 Å². The summed E-state index contributed by atoms with van der Waals surface area (Å²) >= 11 is 0. The Morgan fingerprint density at radius 2 is 2.08 bits per heavy atom. The topological polar surface area (TPSA) is 93.9 Å². The highest BCUT2D eigenvalue weighted by molar-refractivity contribution is 5.95. The summed E-state index contributed by atoms with van der Waals surface area (Å²) in [6.45, 7) is 4.84. The molecule has 0 bridgehead atoms. The number of nitrogens with one attached hydrogen (secondary N) is 1. The first-order chi connectivity index (χ1) is 12.0. The van der Waals surface area contributed by atoms with Crippen LogP contribution in [0.4, 0.5) is 0 Å². The first kappa shape index (κ1) is 22.1. The number of halogens is 1. The number of ether oxygens (including phenoxy) is 2. The van der Waals surface area contributed by atoms with E-state index in [-0.39, 0.29) is 42.9 Å². The second kappa shape index (κ2) is 10.2. The maximum absolute atomic E-state index is 12.7. The summed E-state index contributed by atoms with van der Waals surface area (Å²) in [5, 5.41) is 2.75. The molecule has 0 aromatic heterocycles. The molecule has 1 aromatic carbocycles. The maximum Gasteiger partial charge on any atom is 0.258 e. The van der Waals surface area contributed by atoms with Gasteiger partial charge >= 0.3 is 0 Å².